The number of hydrogen-bond donors (Lipinski definition) is 1. The van der Waals surface area contributed by atoms with Crippen molar-refractivity contribution >= 4 is 28.1 Å². The topological polar surface area (TPSA) is 56.7 Å². The van der Waals surface area contributed by atoms with Crippen molar-refractivity contribution in [3.05, 3.63) is 100 Å². The lowest BCUT2D eigenvalue weighted by Crippen LogP contribution is -2.20. The molecule has 0 radical (unpaired) electrons. The minimum absolute atomic E-state index is 0.300. The van der Waals surface area contributed by atoms with Crippen molar-refractivity contribution in [1.29, 1.82) is 0 Å². The first-order valence-corrected chi connectivity index (χ1v) is 14.9. The van der Waals surface area contributed by atoms with E-state index < -0.39 is 5.97 Å². The Labute approximate surface area is 242 Å². The zero-order chi connectivity index (χ0) is 28.3. The SMILES string of the molecule is CN(Cc1ccc(C2CCC(C)(C)CC2)cc1)c1ccc(-c2csc(N(C)Cc3ccc(C(=O)O)cc3)n2)cc1. The highest BCUT2D eigenvalue weighted by Gasteiger charge is 2.27. The van der Waals surface area contributed by atoms with Gasteiger partial charge >= 0.3 is 5.97 Å². The summed E-state index contributed by atoms with van der Waals surface area (Å²) in [6.45, 7) is 6.33. The summed E-state index contributed by atoms with van der Waals surface area (Å²) in [6.07, 6.45) is 5.25. The molecule has 1 aromatic heterocycles. The van der Waals surface area contributed by atoms with Gasteiger partial charge in [-0.15, -0.1) is 11.3 Å². The molecule has 0 aliphatic heterocycles. The number of thiazole rings is 1. The molecule has 0 saturated heterocycles. The summed E-state index contributed by atoms with van der Waals surface area (Å²) in [6, 6.07) is 24.9. The van der Waals surface area contributed by atoms with E-state index >= 15 is 0 Å². The molecular weight excluding hydrogens is 514 g/mol. The maximum atomic E-state index is 11.1. The van der Waals surface area contributed by atoms with Gasteiger partial charge in [0, 0.05) is 43.8 Å². The fourth-order valence-electron chi connectivity index (χ4n) is 5.55. The molecule has 0 amide bonds. The predicted octanol–water partition coefficient (Wildman–Crippen LogP) is 8.46. The van der Waals surface area contributed by atoms with Gasteiger partial charge < -0.3 is 14.9 Å². The van der Waals surface area contributed by atoms with Crippen LogP contribution in [0.1, 0.15) is 72.5 Å². The molecular formula is C34H39N3O2S. The molecule has 0 bridgehead atoms. The highest BCUT2D eigenvalue weighted by Crippen LogP contribution is 2.42. The van der Waals surface area contributed by atoms with Gasteiger partial charge in [0.15, 0.2) is 5.13 Å². The lowest BCUT2D eigenvalue weighted by molar-refractivity contribution is 0.0697. The van der Waals surface area contributed by atoms with Crippen LogP contribution in [-0.4, -0.2) is 30.2 Å². The molecule has 1 heterocycles. The zero-order valence-electron chi connectivity index (χ0n) is 23.9. The number of benzene rings is 3. The van der Waals surface area contributed by atoms with E-state index in [9.17, 15) is 4.79 Å². The second-order valence-electron chi connectivity index (χ2n) is 12.0. The molecule has 0 unspecified atom stereocenters. The van der Waals surface area contributed by atoms with E-state index in [4.69, 9.17) is 10.1 Å². The normalized spacial score (nSPS) is 15.1. The van der Waals surface area contributed by atoms with E-state index in [1.54, 1.807) is 23.5 Å². The van der Waals surface area contributed by atoms with Crippen LogP contribution in [0.2, 0.25) is 0 Å². The Kier molecular flexibility index (Phi) is 8.27. The Balaban J connectivity index is 1.17. The lowest BCUT2D eigenvalue weighted by atomic mass is 9.71. The quantitative estimate of drug-likeness (QED) is 0.225. The standard InChI is InChI=1S/C34H39N3O2S/c1-34(2)19-17-27(18-20-34)26-9-5-24(6-10-26)21-36(3)30-15-13-28(14-16-30)31-23-40-33(35-31)37(4)22-25-7-11-29(12-8-25)32(38)39/h5-16,23,27H,17-22H2,1-4H3,(H,38,39). The van der Waals surface area contributed by atoms with Crippen LogP contribution < -0.4 is 9.80 Å². The fraction of sp³-hybridized carbons (Fsp3) is 0.353. The smallest absolute Gasteiger partial charge is 0.335 e. The van der Waals surface area contributed by atoms with E-state index in [1.165, 1.54) is 42.5 Å². The van der Waals surface area contributed by atoms with Crippen LogP contribution in [0.15, 0.2) is 78.2 Å². The molecule has 6 heteroatoms. The molecule has 5 rings (SSSR count). The Morgan fingerprint density at radius 2 is 1.45 bits per heavy atom. The number of nitrogens with zero attached hydrogens (tertiary/aromatic N) is 3. The van der Waals surface area contributed by atoms with Crippen LogP contribution in [0.25, 0.3) is 11.3 Å². The van der Waals surface area contributed by atoms with Gasteiger partial charge in [-0.2, -0.15) is 0 Å². The summed E-state index contributed by atoms with van der Waals surface area (Å²) < 4.78 is 0. The number of hydrogen-bond acceptors (Lipinski definition) is 5. The zero-order valence-corrected chi connectivity index (χ0v) is 24.7. The second-order valence-corrected chi connectivity index (χ2v) is 12.8. The van der Waals surface area contributed by atoms with E-state index in [0.29, 0.717) is 23.4 Å². The van der Waals surface area contributed by atoms with Crippen molar-refractivity contribution in [2.75, 3.05) is 23.9 Å². The van der Waals surface area contributed by atoms with Gasteiger partial charge in [0.05, 0.1) is 11.3 Å². The highest BCUT2D eigenvalue weighted by atomic mass is 32.1. The molecule has 1 fully saturated rings. The summed E-state index contributed by atoms with van der Waals surface area (Å²) in [4.78, 5) is 20.3. The fourth-order valence-corrected chi connectivity index (χ4v) is 6.35. The predicted molar refractivity (Wildman–Crippen MR) is 167 cm³/mol. The van der Waals surface area contributed by atoms with E-state index in [-0.39, 0.29) is 0 Å². The van der Waals surface area contributed by atoms with Gasteiger partial charge in [0.2, 0.25) is 0 Å². The number of carbonyl (C=O) groups is 1. The number of anilines is 2. The Hall–Kier alpha value is -3.64. The molecule has 3 aromatic carbocycles. The average molecular weight is 554 g/mol. The van der Waals surface area contributed by atoms with Crippen molar-refractivity contribution < 1.29 is 9.90 Å². The molecule has 5 nitrogen and oxygen atoms in total. The number of carboxylic acid groups (broad SMARTS) is 1. The molecule has 0 spiro atoms. The van der Waals surface area contributed by atoms with Crippen molar-refractivity contribution in [1.82, 2.24) is 4.98 Å². The molecule has 1 aliphatic rings. The number of aromatic nitrogens is 1. The molecule has 208 valence electrons. The van der Waals surface area contributed by atoms with Gasteiger partial charge in [-0.25, -0.2) is 9.78 Å². The van der Waals surface area contributed by atoms with Crippen LogP contribution in [0.3, 0.4) is 0 Å². The second kappa shape index (κ2) is 11.8. The number of aromatic carboxylic acids is 1. The molecule has 4 aromatic rings. The molecule has 1 N–H and O–H groups in total. The molecule has 1 aliphatic carbocycles. The van der Waals surface area contributed by atoms with Gasteiger partial charge in [-0.1, -0.05) is 62.4 Å². The third-order valence-corrected chi connectivity index (χ3v) is 9.21. The Morgan fingerprint density at radius 3 is 2.05 bits per heavy atom. The summed E-state index contributed by atoms with van der Waals surface area (Å²) in [5, 5.41) is 12.1. The lowest BCUT2D eigenvalue weighted by Gasteiger charge is -2.34. The third-order valence-electron chi connectivity index (χ3n) is 8.25. The Bertz CT molecular complexity index is 1420. The van der Waals surface area contributed by atoms with Gasteiger partial charge in [-0.3, -0.25) is 0 Å². The maximum absolute atomic E-state index is 11.1. The first-order valence-electron chi connectivity index (χ1n) is 14.1. The van der Waals surface area contributed by atoms with Crippen molar-refractivity contribution in [3.63, 3.8) is 0 Å². The van der Waals surface area contributed by atoms with Crippen LogP contribution in [0.4, 0.5) is 10.8 Å². The summed E-state index contributed by atoms with van der Waals surface area (Å²) >= 11 is 1.61. The third kappa shape index (κ3) is 6.73. The van der Waals surface area contributed by atoms with Crippen molar-refractivity contribution in [2.45, 2.75) is 58.5 Å². The minimum Gasteiger partial charge on any atom is -0.478 e. The largest absolute Gasteiger partial charge is 0.478 e. The van der Waals surface area contributed by atoms with Crippen LogP contribution in [0.5, 0.6) is 0 Å². The monoisotopic (exact) mass is 553 g/mol. The first kappa shape index (κ1) is 27.9. The summed E-state index contributed by atoms with van der Waals surface area (Å²) in [5.74, 6) is -0.196. The molecule has 1 saturated carbocycles. The molecule has 40 heavy (non-hydrogen) atoms. The Morgan fingerprint density at radius 1 is 0.875 bits per heavy atom. The summed E-state index contributed by atoms with van der Waals surface area (Å²) in [7, 11) is 4.15. The van der Waals surface area contributed by atoms with E-state index in [1.807, 2.05) is 19.2 Å². The number of carboxylic acids is 1. The van der Waals surface area contributed by atoms with Crippen LogP contribution >= 0.6 is 11.3 Å². The van der Waals surface area contributed by atoms with Gasteiger partial charge in [0.1, 0.15) is 0 Å². The first-order chi connectivity index (χ1) is 19.2. The molecule has 0 atom stereocenters. The van der Waals surface area contributed by atoms with Gasteiger partial charge in [0.25, 0.3) is 0 Å². The van der Waals surface area contributed by atoms with Gasteiger partial charge in [-0.05, 0) is 78.0 Å². The van der Waals surface area contributed by atoms with Crippen molar-refractivity contribution in [2.24, 2.45) is 5.41 Å². The van der Waals surface area contributed by atoms with Crippen LogP contribution in [-0.2, 0) is 13.1 Å². The maximum Gasteiger partial charge on any atom is 0.335 e. The van der Waals surface area contributed by atoms with E-state index in [2.05, 4.69) is 84.6 Å². The highest BCUT2D eigenvalue weighted by molar-refractivity contribution is 7.14. The van der Waals surface area contributed by atoms with Crippen molar-refractivity contribution in [3.8, 4) is 11.3 Å². The minimum atomic E-state index is -0.908. The van der Waals surface area contributed by atoms with E-state index in [0.717, 1.165) is 28.5 Å². The average Bonchev–Trinajstić information content (AvgIpc) is 3.45. The summed E-state index contributed by atoms with van der Waals surface area (Å²) in [5.41, 5.74) is 7.92. The number of rotatable bonds is 9. The van der Waals surface area contributed by atoms with Crippen LogP contribution in [0, 0.1) is 5.41 Å².